The highest BCUT2D eigenvalue weighted by molar-refractivity contribution is 5.12. The van der Waals surface area contributed by atoms with Crippen LogP contribution in [0.15, 0.2) is 36.9 Å². The Morgan fingerprint density at radius 2 is 2.25 bits per heavy atom. The summed E-state index contributed by atoms with van der Waals surface area (Å²) in [5, 5.41) is 14.4. The Hall–Kier alpha value is -1.72. The molecule has 1 aliphatic rings. The van der Waals surface area contributed by atoms with Gasteiger partial charge in [0, 0.05) is 44.8 Å². The maximum atomic E-state index is 10.2. The molecule has 5 heteroatoms. The van der Waals surface area contributed by atoms with Crippen molar-refractivity contribution in [1.29, 1.82) is 0 Å². The minimum Gasteiger partial charge on any atom is -0.391 e. The highest BCUT2D eigenvalue weighted by atomic mass is 16.3. The lowest BCUT2D eigenvalue weighted by molar-refractivity contribution is 0.112. The van der Waals surface area contributed by atoms with E-state index in [9.17, 15) is 5.11 Å². The first-order valence-corrected chi connectivity index (χ1v) is 7.01. The molecule has 0 aromatic carbocycles. The molecule has 2 aromatic heterocycles. The number of aryl methyl sites for hydroxylation is 1. The molecule has 2 aromatic rings. The van der Waals surface area contributed by atoms with Gasteiger partial charge >= 0.3 is 0 Å². The summed E-state index contributed by atoms with van der Waals surface area (Å²) < 4.78 is 1.81. The van der Waals surface area contributed by atoms with Crippen molar-refractivity contribution >= 4 is 0 Å². The van der Waals surface area contributed by atoms with Crippen LogP contribution >= 0.6 is 0 Å². The molecule has 0 aliphatic carbocycles. The van der Waals surface area contributed by atoms with Crippen LogP contribution in [0.5, 0.6) is 0 Å². The van der Waals surface area contributed by atoms with Gasteiger partial charge in [-0.2, -0.15) is 5.10 Å². The van der Waals surface area contributed by atoms with Gasteiger partial charge in [0.2, 0.25) is 0 Å². The van der Waals surface area contributed by atoms with E-state index in [0.717, 1.165) is 25.9 Å². The number of rotatable bonds is 4. The van der Waals surface area contributed by atoms with Gasteiger partial charge in [-0.25, -0.2) is 0 Å². The summed E-state index contributed by atoms with van der Waals surface area (Å²) in [6.07, 6.45) is 9.01. The van der Waals surface area contributed by atoms with E-state index < -0.39 is 0 Å². The predicted octanol–water partition coefficient (Wildman–Crippen LogP) is 0.993. The summed E-state index contributed by atoms with van der Waals surface area (Å²) in [7, 11) is 1.92. The molecule has 0 bridgehead atoms. The number of hydrogen-bond acceptors (Lipinski definition) is 4. The lowest BCUT2D eigenvalue weighted by Gasteiger charge is -2.25. The summed E-state index contributed by atoms with van der Waals surface area (Å²) >= 11 is 0. The zero-order chi connectivity index (χ0) is 13.9. The normalized spacial score (nSPS) is 23.3. The van der Waals surface area contributed by atoms with E-state index in [2.05, 4.69) is 21.0 Å². The lowest BCUT2D eigenvalue weighted by Crippen LogP contribution is -2.36. The van der Waals surface area contributed by atoms with Crippen molar-refractivity contribution in [2.75, 3.05) is 6.54 Å². The number of likely N-dealkylation sites (tertiary alicyclic amines) is 1. The minimum atomic E-state index is -0.258. The zero-order valence-electron chi connectivity index (χ0n) is 11.7. The molecule has 1 saturated heterocycles. The third kappa shape index (κ3) is 2.89. The number of pyridine rings is 1. The Morgan fingerprint density at radius 1 is 1.35 bits per heavy atom. The van der Waals surface area contributed by atoms with E-state index in [-0.39, 0.29) is 12.1 Å². The molecule has 0 spiro atoms. The van der Waals surface area contributed by atoms with Crippen molar-refractivity contribution in [1.82, 2.24) is 19.7 Å². The first kappa shape index (κ1) is 13.3. The molecule has 1 N–H and O–H groups in total. The van der Waals surface area contributed by atoms with Crippen molar-refractivity contribution < 1.29 is 5.11 Å². The molecule has 1 aliphatic heterocycles. The summed E-state index contributed by atoms with van der Waals surface area (Å²) in [6, 6.07) is 4.20. The molecule has 3 rings (SSSR count). The molecule has 106 valence electrons. The first-order chi connectivity index (χ1) is 9.72. The second-order valence-electron chi connectivity index (χ2n) is 5.48. The van der Waals surface area contributed by atoms with Gasteiger partial charge in [-0.05, 0) is 30.0 Å². The van der Waals surface area contributed by atoms with Gasteiger partial charge in [0.15, 0.2) is 0 Å². The largest absolute Gasteiger partial charge is 0.391 e. The summed E-state index contributed by atoms with van der Waals surface area (Å²) in [6.45, 7) is 1.77. The number of aliphatic hydroxyl groups is 1. The van der Waals surface area contributed by atoms with Crippen molar-refractivity contribution in [2.45, 2.75) is 31.5 Å². The summed E-state index contributed by atoms with van der Waals surface area (Å²) in [5.74, 6) is 0. The molecule has 1 fully saturated rings. The summed E-state index contributed by atoms with van der Waals surface area (Å²) in [4.78, 5) is 6.50. The van der Waals surface area contributed by atoms with Crippen LogP contribution in [0.4, 0.5) is 0 Å². The molecule has 2 atom stereocenters. The molecule has 20 heavy (non-hydrogen) atoms. The third-order valence-corrected chi connectivity index (χ3v) is 3.94. The molecule has 0 radical (unpaired) electrons. The average Bonchev–Trinajstić information content (AvgIpc) is 3.01. The van der Waals surface area contributed by atoms with Crippen molar-refractivity contribution in [2.24, 2.45) is 7.05 Å². The van der Waals surface area contributed by atoms with Gasteiger partial charge in [0.25, 0.3) is 0 Å². The van der Waals surface area contributed by atoms with Crippen LogP contribution in [0.25, 0.3) is 0 Å². The molecule has 3 heterocycles. The topological polar surface area (TPSA) is 54.2 Å². The van der Waals surface area contributed by atoms with Crippen LogP contribution in [0.3, 0.4) is 0 Å². The predicted molar refractivity (Wildman–Crippen MR) is 76.0 cm³/mol. The molecular formula is C15H20N4O. The fourth-order valence-corrected chi connectivity index (χ4v) is 2.91. The average molecular weight is 272 g/mol. The van der Waals surface area contributed by atoms with E-state index in [0.29, 0.717) is 0 Å². The van der Waals surface area contributed by atoms with Crippen LogP contribution in [0.1, 0.15) is 17.5 Å². The maximum absolute atomic E-state index is 10.2. The first-order valence-electron chi connectivity index (χ1n) is 7.01. The smallest absolute Gasteiger partial charge is 0.0711 e. The van der Waals surface area contributed by atoms with Gasteiger partial charge in [-0.15, -0.1) is 0 Å². The van der Waals surface area contributed by atoms with Gasteiger partial charge in [0.05, 0.1) is 12.3 Å². The van der Waals surface area contributed by atoms with Gasteiger partial charge in [-0.3, -0.25) is 14.6 Å². The highest BCUT2D eigenvalue weighted by Gasteiger charge is 2.32. The number of aliphatic hydroxyl groups excluding tert-OH is 1. The minimum absolute atomic E-state index is 0.166. The SMILES string of the molecule is Cn1cc(C[C@@H]2[C@@H](O)CCN2Cc2cccnc2)cn1. The van der Waals surface area contributed by atoms with Gasteiger partial charge < -0.3 is 5.11 Å². The standard InChI is InChI=1S/C15H20N4O/c1-18-10-13(9-17-18)7-14-15(20)4-6-19(14)11-12-3-2-5-16-8-12/h2-3,5,8-10,14-15,20H,4,6-7,11H2,1H3/t14-,15+/m1/s1. The zero-order valence-corrected chi connectivity index (χ0v) is 11.7. The van der Waals surface area contributed by atoms with Crippen LogP contribution in [0, 0.1) is 0 Å². The monoisotopic (exact) mass is 272 g/mol. The van der Waals surface area contributed by atoms with Crippen molar-refractivity contribution in [3.63, 3.8) is 0 Å². The van der Waals surface area contributed by atoms with E-state index in [1.54, 1.807) is 6.20 Å². The van der Waals surface area contributed by atoms with Gasteiger partial charge in [-0.1, -0.05) is 6.07 Å². The molecule has 0 saturated carbocycles. The second-order valence-corrected chi connectivity index (χ2v) is 5.48. The molecular weight excluding hydrogens is 252 g/mol. The van der Waals surface area contributed by atoms with Gasteiger partial charge in [0.1, 0.15) is 0 Å². The second kappa shape index (κ2) is 5.73. The number of aromatic nitrogens is 3. The highest BCUT2D eigenvalue weighted by Crippen LogP contribution is 2.23. The Labute approximate surface area is 118 Å². The van der Waals surface area contributed by atoms with Crippen LogP contribution in [-0.4, -0.2) is 43.5 Å². The van der Waals surface area contributed by atoms with Crippen molar-refractivity contribution in [3.05, 3.63) is 48.0 Å². The Bertz CT molecular complexity index is 554. The lowest BCUT2D eigenvalue weighted by atomic mass is 10.0. The fourth-order valence-electron chi connectivity index (χ4n) is 2.91. The van der Waals surface area contributed by atoms with Crippen LogP contribution in [-0.2, 0) is 20.0 Å². The Morgan fingerprint density at radius 3 is 2.95 bits per heavy atom. The molecule has 0 unspecified atom stereocenters. The Balaban J connectivity index is 1.70. The number of nitrogens with zero attached hydrogens (tertiary/aromatic N) is 4. The third-order valence-electron chi connectivity index (χ3n) is 3.94. The van der Waals surface area contributed by atoms with Crippen LogP contribution in [0.2, 0.25) is 0 Å². The molecule has 0 amide bonds. The maximum Gasteiger partial charge on any atom is 0.0711 e. The fraction of sp³-hybridized carbons (Fsp3) is 0.467. The van der Waals surface area contributed by atoms with E-state index in [1.165, 1.54) is 11.1 Å². The van der Waals surface area contributed by atoms with Crippen LogP contribution < -0.4 is 0 Å². The van der Waals surface area contributed by atoms with E-state index in [4.69, 9.17) is 0 Å². The summed E-state index contributed by atoms with van der Waals surface area (Å²) in [5.41, 5.74) is 2.37. The number of hydrogen-bond donors (Lipinski definition) is 1. The van der Waals surface area contributed by atoms with E-state index in [1.807, 2.05) is 36.4 Å². The quantitative estimate of drug-likeness (QED) is 0.902. The Kier molecular flexibility index (Phi) is 3.80. The molecule has 5 nitrogen and oxygen atoms in total. The van der Waals surface area contributed by atoms with E-state index >= 15 is 0 Å². The van der Waals surface area contributed by atoms with Crippen molar-refractivity contribution in [3.8, 4) is 0 Å².